The van der Waals surface area contributed by atoms with Gasteiger partial charge in [-0.3, -0.25) is 4.99 Å². The van der Waals surface area contributed by atoms with E-state index in [2.05, 4.69) is 20.9 Å². The minimum atomic E-state index is 0.182. The summed E-state index contributed by atoms with van der Waals surface area (Å²) in [5.74, 6) is 0.503. The fraction of sp³-hybridized carbons (Fsp3) is 0.258. The van der Waals surface area contributed by atoms with Crippen molar-refractivity contribution in [3.8, 4) is 23.0 Å². The Kier molecular flexibility index (Phi) is 7.61. The van der Waals surface area contributed by atoms with Gasteiger partial charge in [0.05, 0.1) is 63.4 Å². The number of rotatable bonds is 6. The number of ether oxygens (including phenoxy) is 2. The second kappa shape index (κ2) is 11.5. The van der Waals surface area contributed by atoms with Gasteiger partial charge in [0.25, 0.3) is 0 Å². The van der Waals surface area contributed by atoms with E-state index in [1.54, 1.807) is 26.5 Å². The maximum absolute atomic E-state index is 6.77. The number of halogens is 2. The molecule has 3 aromatic rings. The molecule has 1 fully saturated rings. The molecule has 2 aromatic carbocycles. The number of anilines is 2. The van der Waals surface area contributed by atoms with E-state index in [9.17, 15) is 0 Å². The van der Waals surface area contributed by atoms with Gasteiger partial charge < -0.3 is 19.4 Å². The van der Waals surface area contributed by atoms with Crippen molar-refractivity contribution >= 4 is 45.6 Å². The maximum atomic E-state index is 6.77. The van der Waals surface area contributed by atoms with Crippen molar-refractivity contribution < 1.29 is 9.47 Å². The average molecular weight is 575 g/mol. The molecule has 9 heteroatoms. The molecular weight excluding hydrogens is 545 g/mol. The van der Waals surface area contributed by atoms with Gasteiger partial charge in [-0.05, 0) is 80.3 Å². The largest absolute Gasteiger partial charge is 0.480 e. The predicted octanol–water partition coefficient (Wildman–Crippen LogP) is 7.44. The third-order valence-corrected chi connectivity index (χ3v) is 7.92. The van der Waals surface area contributed by atoms with Gasteiger partial charge in [0.2, 0.25) is 5.88 Å². The summed E-state index contributed by atoms with van der Waals surface area (Å²) in [5.41, 5.74) is 5.83. The van der Waals surface area contributed by atoms with Crippen molar-refractivity contribution in [3.05, 3.63) is 88.3 Å². The Morgan fingerprint density at radius 1 is 0.925 bits per heavy atom. The first-order valence-corrected chi connectivity index (χ1v) is 14.0. The maximum Gasteiger partial charge on any atom is 0.237 e. The lowest BCUT2D eigenvalue weighted by molar-refractivity contribution is 0.0663. The van der Waals surface area contributed by atoms with Crippen LogP contribution in [0.5, 0.6) is 5.88 Å². The lowest BCUT2D eigenvalue weighted by atomic mass is 9.93. The van der Waals surface area contributed by atoms with Crippen molar-refractivity contribution in [2.24, 2.45) is 4.99 Å². The molecule has 0 amide bonds. The third kappa shape index (κ3) is 5.24. The number of benzene rings is 3. The van der Waals surface area contributed by atoms with Crippen molar-refractivity contribution in [2.45, 2.75) is 37.8 Å². The summed E-state index contributed by atoms with van der Waals surface area (Å²) in [6, 6.07) is 21.7. The molecule has 204 valence electrons. The minimum Gasteiger partial charge on any atom is -0.480 e. The highest BCUT2D eigenvalue weighted by atomic mass is 35.5. The van der Waals surface area contributed by atoms with Crippen LogP contribution in [0.15, 0.2) is 77.9 Å². The van der Waals surface area contributed by atoms with E-state index < -0.39 is 0 Å². The first-order valence-electron chi connectivity index (χ1n) is 13.3. The molecular formula is C31H29Cl2N5O2. The smallest absolute Gasteiger partial charge is 0.237 e. The zero-order chi connectivity index (χ0) is 27.6. The zero-order valence-electron chi connectivity index (χ0n) is 22.3. The number of fused-ring (bicyclic) bond motifs is 2. The number of hydrogen-bond donors (Lipinski definition) is 1. The molecule has 1 saturated carbocycles. The summed E-state index contributed by atoms with van der Waals surface area (Å²) >= 11 is 13.0. The molecule has 0 radical (unpaired) electrons. The number of pyridine rings is 1. The minimum absolute atomic E-state index is 0.182. The monoisotopic (exact) mass is 573 g/mol. The standard InChI is InChI=1S/C31H29Cl2N5O2/c1-39-21-12-10-20(11-13-21)35-26-18-30-27(17-25(26)37-24-7-5-15-34-31(24)40-2)36-23-6-3-4-8-29(23)38(30)28-14-9-19(32)16-22(28)33/h3-9,14-18,20-21,37H,10-13H2,1-2H3/b35-26+. The normalized spacial score (nSPS) is 17.9. The lowest BCUT2D eigenvalue weighted by Crippen LogP contribution is -2.25. The SMILES string of the molecule is COc1ncccc1Nc1cc2nc3ccccc3n(-c3ccc(Cl)cc3Cl)c-2c/c1=N\C1CCC(OC)CC1. The summed E-state index contributed by atoms with van der Waals surface area (Å²) in [4.78, 5) is 14.7. The molecule has 3 aliphatic rings. The van der Waals surface area contributed by atoms with E-state index in [1.165, 1.54) is 0 Å². The Hall–Kier alpha value is -3.65. The number of nitrogens with zero attached hydrogens (tertiary/aromatic N) is 4. The molecule has 6 rings (SSSR count). The summed E-state index contributed by atoms with van der Waals surface area (Å²) in [6.45, 7) is 0. The first kappa shape index (κ1) is 26.6. The Morgan fingerprint density at radius 3 is 2.52 bits per heavy atom. The van der Waals surface area contributed by atoms with Crippen molar-refractivity contribution in [3.63, 3.8) is 0 Å². The highest BCUT2D eigenvalue weighted by molar-refractivity contribution is 6.35. The van der Waals surface area contributed by atoms with Gasteiger partial charge in [-0.1, -0.05) is 35.3 Å². The number of para-hydroxylation sites is 2. The van der Waals surface area contributed by atoms with Crippen LogP contribution in [0.3, 0.4) is 0 Å². The van der Waals surface area contributed by atoms with Crippen LogP contribution >= 0.6 is 23.2 Å². The molecule has 0 atom stereocenters. The average Bonchev–Trinajstić information content (AvgIpc) is 2.97. The third-order valence-electron chi connectivity index (χ3n) is 7.38. The highest BCUT2D eigenvalue weighted by Gasteiger charge is 2.22. The summed E-state index contributed by atoms with van der Waals surface area (Å²) in [7, 11) is 3.40. The topological polar surface area (TPSA) is 73.6 Å². The van der Waals surface area contributed by atoms with Crippen LogP contribution in [0.1, 0.15) is 25.7 Å². The predicted molar refractivity (Wildman–Crippen MR) is 160 cm³/mol. The van der Waals surface area contributed by atoms with E-state index in [4.69, 9.17) is 42.7 Å². The quantitative estimate of drug-likeness (QED) is 0.214. The van der Waals surface area contributed by atoms with Gasteiger partial charge in [0.15, 0.2) is 0 Å². The van der Waals surface area contributed by atoms with Gasteiger partial charge in [0, 0.05) is 18.3 Å². The van der Waals surface area contributed by atoms with Crippen LogP contribution in [0.25, 0.3) is 28.1 Å². The van der Waals surface area contributed by atoms with Gasteiger partial charge in [-0.15, -0.1) is 0 Å². The molecule has 2 aliphatic carbocycles. The van der Waals surface area contributed by atoms with Crippen LogP contribution in [0, 0.1) is 0 Å². The fourth-order valence-corrected chi connectivity index (χ4v) is 5.86. The molecule has 0 bridgehead atoms. The number of methoxy groups -OCH3 is 2. The fourth-order valence-electron chi connectivity index (χ4n) is 5.37. The molecule has 0 spiro atoms. The lowest BCUT2D eigenvalue weighted by Gasteiger charge is -2.25. The van der Waals surface area contributed by atoms with Crippen LogP contribution in [-0.4, -0.2) is 40.9 Å². The van der Waals surface area contributed by atoms with Crippen LogP contribution in [0.2, 0.25) is 10.0 Å². The molecule has 1 aromatic heterocycles. The summed E-state index contributed by atoms with van der Waals surface area (Å²) in [5, 5.41) is 5.48. The van der Waals surface area contributed by atoms with Crippen molar-refractivity contribution in [1.82, 2.24) is 14.5 Å². The molecule has 40 heavy (non-hydrogen) atoms. The van der Waals surface area contributed by atoms with E-state index in [0.717, 1.165) is 70.5 Å². The van der Waals surface area contributed by atoms with Gasteiger partial charge in [-0.25, -0.2) is 9.97 Å². The summed E-state index contributed by atoms with van der Waals surface area (Å²) in [6.07, 6.45) is 5.91. The highest BCUT2D eigenvalue weighted by Crippen LogP contribution is 2.35. The molecule has 0 saturated heterocycles. The van der Waals surface area contributed by atoms with Gasteiger partial charge in [-0.2, -0.15) is 0 Å². The van der Waals surface area contributed by atoms with E-state index >= 15 is 0 Å². The van der Waals surface area contributed by atoms with E-state index in [-0.39, 0.29) is 6.04 Å². The van der Waals surface area contributed by atoms with Crippen LogP contribution in [0.4, 0.5) is 11.4 Å². The molecule has 0 unspecified atom stereocenters. The Morgan fingerprint density at radius 2 is 1.75 bits per heavy atom. The van der Waals surface area contributed by atoms with Crippen molar-refractivity contribution in [1.29, 1.82) is 0 Å². The first-order chi connectivity index (χ1) is 19.5. The van der Waals surface area contributed by atoms with Gasteiger partial charge in [0.1, 0.15) is 5.69 Å². The Balaban J connectivity index is 1.60. The van der Waals surface area contributed by atoms with Crippen LogP contribution < -0.4 is 15.4 Å². The molecule has 2 heterocycles. The number of hydrogen-bond acceptors (Lipinski definition) is 6. The van der Waals surface area contributed by atoms with E-state index in [1.807, 2.05) is 54.6 Å². The number of aromatic nitrogens is 3. The Labute approximate surface area is 242 Å². The van der Waals surface area contributed by atoms with Crippen LogP contribution in [-0.2, 0) is 4.74 Å². The zero-order valence-corrected chi connectivity index (χ0v) is 23.8. The number of nitrogens with one attached hydrogen (secondary N) is 1. The molecule has 1 N–H and O–H groups in total. The van der Waals surface area contributed by atoms with Crippen molar-refractivity contribution in [2.75, 3.05) is 19.5 Å². The second-order valence-corrected chi connectivity index (χ2v) is 10.7. The van der Waals surface area contributed by atoms with Gasteiger partial charge >= 0.3 is 0 Å². The molecule has 7 nitrogen and oxygen atoms in total. The second-order valence-electron chi connectivity index (χ2n) is 9.87. The Bertz CT molecular complexity index is 1710. The molecule has 1 aliphatic heterocycles. The van der Waals surface area contributed by atoms with E-state index in [0.29, 0.717) is 22.0 Å². The summed E-state index contributed by atoms with van der Waals surface area (Å²) < 4.78 is 13.2.